The van der Waals surface area contributed by atoms with E-state index in [1.807, 2.05) is 48.5 Å². The minimum absolute atomic E-state index is 0.228. The molecule has 1 unspecified atom stereocenters. The Morgan fingerprint density at radius 1 is 0.614 bits per heavy atom. The molecule has 1 heterocycles. The third-order valence-electron chi connectivity index (χ3n) is 8.11. The Kier molecular flexibility index (Phi) is 38.0. The Morgan fingerprint density at radius 2 is 1.07 bits per heavy atom. The monoisotopic (exact) mass is 860 g/mol. The van der Waals surface area contributed by atoms with Crippen molar-refractivity contribution < 1.29 is 64.6 Å². The first-order valence-corrected chi connectivity index (χ1v) is 25.2. The van der Waals surface area contributed by atoms with Gasteiger partial charge in [-0.2, -0.15) is 0 Å². The minimum atomic E-state index is -2.63. The molecule has 1 rings (SSSR count). The van der Waals surface area contributed by atoms with Gasteiger partial charge in [-0.1, -0.05) is 13.8 Å². The molecular weight excluding hydrogens is 779 g/mol. The molecular formula is C38H81N3O14Si2. The molecule has 0 bridgehead atoms. The fraction of sp³-hybridized carbons (Fsp3) is 0.947. The van der Waals surface area contributed by atoms with Crippen LogP contribution in [0.4, 0.5) is 4.79 Å². The number of carbonyl (C=O) groups is 2. The number of esters is 1. The highest BCUT2D eigenvalue weighted by Crippen LogP contribution is 2.19. The highest BCUT2D eigenvalue weighted by molar-refractivity contribution is 6.61. The van der Waals surface area contributed by atoms with E-state index in [2.05, 4.69) is 22.5 Å². The number of hydrogen-bond acceptors (Lipinski definition) is 16. The molecule has 19 heteroatoms. The predicted molar refractivity (Wildman–Crippen MR) is 222 cm³/mol. The van der Waals surface area contributed by atoms with Crippen LogP contribution < -0.4 is 10.6 Å². The fourth-order valence-corrected chi connectivity index (χ4v) is 10.7. The average molecular weight is 860 g/mol. The van der Waals surface area contributed by atoms with Gasteiger partial charge in [0.1, 0.15) is 13.2 Å². The zero-order valence-corrected chi connectivity index (χ0v) is 38.8. The Labute approximate surface area is 346 Å². The van der Waals surface area contributed by atoms with Crippen LogP contribution in [0.25, 0.3) is 0 Å². The molecule has 1 saturated heterocycles. The lowest BCUT2D eigenvalue weighted by Crippen LogP contribution is -2.46. The lowest BCUT2D eigenvalue weighted by Gasteiger charge is -2.28. The third kappa shape index (κ3) is 30.4. The van der Waals surface area contributed by atoms with Crippen LogP contribution in [0, 0.1) is 5.92 Å². The first-order valence-electron chi connectivity index (χ1n) is 21.4. The maximum Gasteiger partial charge on any atom is 0.500 e. The van der Waals surface area contributed by atoms with E-state index in [9.17, 15) is 9.59 Å². The number of hydrogen-bond donors (Lipinski definition) is 2. The number of alkyl carbamates (subject to hydrolysis) is 1. The van der Waals surface area contributed by atoms with Crippen molar-refractivity contribution in [2.24, 2.45) is 5.92 Å². The van der Waals surface area contributed by atoms with Crippen molar-refractivity contribution in [3.8, 4) is 0 Å². The molecule has 340 valence electrons. The first-order chi connectivity index (χ1) is 27.7. The Bertz CT molecular complexity index is 894. The Hall–Kier alpha value is -1.31. The standard InChI is InChI=1S/C22H47NO8Si.C16H34N2O6Si/c1-6-12-25-13-14-26-15-16-27-17-18-28-22(24)21(5)20-23-11-10-19-32(29-7-2,30-8-3)31-9-4;1-4-22-25(23-5-2,24-6-3)15-7-8-17-16(19)21-14-11-18-9-12-20-13-10-18/h21,23H,6-20H2,1-5H3;4-15H2,1-3H3,(H,17,19). The molecule has 0 saturated carbocycles. The maximum absolute atomic E-state index is 12.1. The zero-order valence-electron chi connectivity index (χ0n) is 36.8. The normalized spacial score (nSPS) is 14.2. The Balaban J connectivity index is 0.00000113. The van der Waals surface area contributed by atoms with E-state index in [0.717, 1.165) is 71.3 Å². The summed E-state index contributed by atoms with van der Waals surface area (Å²) < 4.78 is 66.8. The molecule has 0 aliphatic carbocycles. The van der Waals surface area contributed by atoms with E-state index in [0.29, 0.717) is 98.4 Å². The third-order valence-corrected chi connectivity index (χ3v) is 14.4. The molecule has 1 fully saturated rings. The van der Waals surface area contributed by atoms with E-state index in [-0.39, 0.29) is 24.6 Å². The molecule has 0 spiro atoms. The van der Waals surface area contributed by atoms with Crippen molar-refractivity contribution in [1.29, 1.82) is 0 Å². The van der Waals surface area contributed by atoms with Crippen LogP contribution in [0.5, 0.6) is 0 Å². The lowest BCUT2D eigenvalue weighted by atomic mass is 10.2. The number of ether oxygens (including phenoxy) is 6. The van der Waals surface area contributed by atoms with Crippen molar-refractivity contribution in [2.45, 2.75) is 86.7 Å². The quantitative estimate of drug-likeness (QED) is 0.0519. The molecule has 0 aromatic rings. The number of nitrogens with zero attached hydrogens (tertiary/aromatic N) is 1. The van der Waals surface area contributed by atoms with Gasteiger partial charge in [0.25, 0.3) is 0 Å². The topological polar surface area (TPSA) is 172 Å². The molecule has 0 aromatic carbocycles. The van der Waals surface area contributed by atoms with Gasteiger partial charge >= 0.3 is 29.7 Å². The summed E-state index contributed by atoms with van der Waals surface area (Å²) in [6.07, 6.45) is 2.21. The van der Waals surface area contributed by atoms with Crippen molar-refractivity contribution >= 4 is 29.7 Å². The maximum atomic E-state index is 12.1. The summed E-state index contributed by atoms with van der Waals surface area (Å²) in [6.45, 7) is 28.7. The van der Waals surface area contributed by atoms with Gasteiger partial charge in [0, 0.05) is 91.1 Å². The molecule has 57 heavy (non-hydrogen) atoms. The van der Waals surface area contributed by atoms with E-state index in [1.54, 1.807) is 0 Å². The van der Waals surface area contributed by atoms with Gasteiger partial charge in [-0.15, -0.1) is 0 Å². The van der Waals surface area contributed by atoms with E-state index < -0.39 is 17.6 Å². The van der Waals surface area contributed by atoms with Gasteiger partial charge in [-0.05, 0) is 67.3 Å². The summed E-state index contributed by atoms with van der Waals surface area (Å²) in [6, 6.07) is 1.43. The second-order valence-corrected chi connectivity index (χ2v) is 18.3. The molecule has 2 N–H and O–H groups in total. The summed E-state index contributed by atoms with van der Waals surface area (Å²) in [5.74, 6) is -0.457. The number of morpholine rings is 1. The predicted octanol–water partition coefficient (Wildman–Crippen LogP) is 4.14. The van der Waals surface area contributed by atoms with Crippen LogP contribution in [0.3, 0.4) is 0 Å². The number of nitrogens with one attached hydrogen (secondary N) is 2. The second kappa shape index (κ2) is 38.9. The highest BCUT2D eigenvalue weighted by Gasteiger charge is 2.40. The van der Waals surface area contributed by atoms with Gasteiger partial charge in [0.2, 0.25) is 0 Å². The molecule has 1 atom stereocenters. The van der Waals surface area contributed by atoms with E-state index in [4.69, 9.17) is 55.0 Å². The van der Waals surface area contributed by atoms with Crippen molar-refractivity contribution in [3.05, 3.63) is 0 Å². The van der Waals surface area contributed by atoms with Crippen LogP contribution in [0.1, 0.15) is 74.7 Å². The van der Waals surface area contributed by atoms with Crippen molar-refractivity contribution in [2.75, 3.05) is 145 Å². The molecule has 1 aliphatic rings. The largest absolute Gasteiger partial charge is 0.500 e. The van der Waals surface area contributed by atoms with E-state index >= 15 is 0 Å². The number of rotatable bonds is 37. The minimum Gasteiger partial charge on any atom is -0.463 e. The van der Waals surface area contributed by atoms with Gasteiger partial charge in [0.15, 0.2) is 0 Å². The van der Waals surface area contributed by atoms with E-state index in [1.165, 1.54) is 0 Å². The summed E-state index contributed by atoms with van der Waals surface area (Å²) in [7, 11) is -5.22. The highest BCUT2D eigenvalue weighted by atomic mass is 28.4. The number of amides is 1. The molecule has 17 nitrogen and oxygen atoms in total. The average Bonchev–Trinajstić information content (AvgIpc) is 3.19. The first kappa shape index (κ1) is 55.7. The van der Waals surface area contributed by atoms with Crippen LogP contribution in [0.2, 0.25) is 12.1 Å². The lowest BCUT2D eigenvalue weighted by molar-refractivity contribution is -0.149. The van der Waals surface area contributed by atoms with Crippen LogP contribution in [-0.4, -0.2) is 180 Å². The summed E-state index contributed by atoms with van der Waals surface area (Å²) in [5, 5.41) is 6.08. The molecule has 0 radical (unpaired) electrons. The van der Waals surface area contributed by atoms with Crippen LogP contribution >= 0.6 is 0 Å². The molecule has 1 aliphatic heterocycles. The van der Waals surface area contributed by atoms with Crippen LogP contribution in [0.15, 0.2) is 0 Å². The second-order valence-electron chi connectivity index (χ2n) is 12.8. The fourth-order valence-electron chi connectivity index (χ4n) is 5.50. The summed E-state index contributed by atoms with van der Waals surface area (Å²) in [5.41, 5.74) is 0. The summed E-state index contributed by atoms with van der Waals surface area (Å²) in [4.78, 5) is 26.0. The molecule has 1 amide bonds. The van der Waals surface area contributed by atoms with Gasteiger partial charge in [-0.3, -0.25) is 9.69 Å². The molecule has 0 aromatic heterocycles. The van der Waals surface area contributed by atoms with Gasteiger partial charge in [0.05, 0.1) is 52.2 Å². The van der Waals surface area contributed by atoms with Crippen molar-refractivity contribution in [3.63, 3.8) is 0 Å². The zero-order chi connectivity index (χ0) is 42.3. The van der Waals surface area contributed by atoms with Crippen molar-refractivity contribution in [1.82, 2.24) is 15.5 Å². The van der Waals surface area contributed by atoms with Gasteiger partial charge < -0.3 is 65.6 Å². The van der Waals surface area contributed by atoms with Gasteiger partial charge in [-0.25, -0.2) is 4.79 Å². The Morgan fingerprint density at radius 3 is 1.54 bits per heavy atom. The summed E-state index contributed by atoms with van der Waals surface area (Å²) >= 11 is 0. The SMILES string of the molecule is CCCOCCOCCOCCOC(=O)C(C)CNCCC[Si](OCC)(OCC)OCC.CCO[Si](CCCNC(=O)OCCN1CCOCC1)(OCC)OCC. The smallest absolute Gasteiger partial charge is 0.463 e. The van der Waals surface area contributed by atoms with Crippen LogP contribution in [-0.2, 0) is 59.8 Å². The number of carbonyl (C=O) groups excluding carboxylic acids is 2.